The number of carbonyl (C=O) groups excluding carboxylic acids is 1. The van der Waals surface area contributed by atoms with Gasteiger partial charge in [-0.25, -0.2) is 4.98 Å². The first-order valence-electron chi connectivity index (χ1n) is 8.29. The number of nitrogens with zero attached hydrogens (tertiary/aromatic N) is 4. The van der Waals surface area contributed by atoms with E-state index in [0.29, 0.717) is 13.1 Å². The Morgan fingerprint density at radius 3 is 2.83 bits per heavy atom. The van der Waals surface area contributed by atoms with Gasteiger partial charge < -0.3 is 10.2 Å². The second-order valence-electron chi connectivity index (χ2n) is 6.28. The third-order valence-corrected chi connectivity index (χ3v) is 5.40. The number of hydrogen-bond acceptors (Lipinski definition) is 6. The molecule has 1 aliphatic heterocycles. The lowest BCUT2D eigenvalue weighted by atomic mass is 9.97. The van der Waals surface area contributed by atoms with E-state index in [1.165, 1.54) is 0 Å². The Hall–Kier alpha value is -2.02. The van der Waals surface area contributed by atoms with Gasteiger partial charge in [0, 0.05) is 18.0 Å². The van der Waals surface area contributed by atoms with Crippen LogP contribution < -0.4 is 10.2 Å². The van der Waals surface area contributed by atoms with Crippen LogP contribution in [0, 0.1) is 26.7 Å². The lowest BCUT2D eigenvalue weighted by Gasteiger charge is -2.32. The van der Waals surface area contributed by atoms with Crippen molar-refractivity contribution in [2.24, 2.45) is 5.92 Å². The summed E-state index contributed by atoms with van der Waals surface area (Å²) in [4.78, 5) is 20.2. The van der Waals surface area contributed by atoms with Crippen LogP contribution in [-0.2, 0) is 11.3 Å². The number of carbonyl (C=O) groups is 1. The molecule has 1 aliphatic rings. The minimum atomic E-state index is -0.00354. The van der Waals surface area contributed by atoms with Crippen LogP contribution in [0.25, 0.3) is 0 Å². The van der Waals surface area contributed by atoms with Crippen LogP contribution in [-0.4, -0.2) is 34.2 Å². The van der Waals surface area contributed by atoms with Gasteiger partial charge in [-0.3, -0.25) is 4.79 Å². The average Bonchev–Trinajstić information content (AvgIpc) is 2.91. The van der Waals surface area contributed by atoms with Crippen LogP contribution in [0.5, 0.6) is 0 Å². The van der Waals surface area contributed by atoms with E-state index >= 15 is 0 Å². The Bertz CT molecular complexity index is 712. The standard InChI is InChI=1S/C17H23N5OS/c1-11-6-7-16(21-20-11)22-8-4-5-14(10-22)17(23)18-9-15-12(2)19-13(3)24-15/h6-7,14H,4-5,8-10H2,1-3H3,(H,18,23). The van der Waals surface area contributed by atoms with Crippen LogP contribution in [0.15, 0.2) is 12.1 Å². The van der Waals surface area contributed by atoms with Gasteiger partial charge >= 0.3 is 0 Å². The van der Waals surface area contributed by atoms with E-state index < -0.39 is 0 Å². The third kappa shape index (κ3) is 3.90. The van der Waals surface area contributed by atoms with Gasteiger partial charge in [0.2, 0.25) is 5.91 Å². The van der Waals surface area contributed by atoms with Crippen LogP contribution in [0.4, 0.5) is 5.82 Å². The number of hydrogen-bond donors (Lipinski definition) is 1. The molecule has 1 unspecified atom stereocenters. The molecule has 0 radical (unpaired) electrons. The Kier molecular flexibility index (Phi) is 5.08. The predicted octanol–water partition coefficient (Wildman–Crippen LogP) is 2.39. The van der Waals surface area contributed by atoms with Crippen molar-refractivity contribution in [3.63, 3.8) is 0 Å². The van der Waals surface area contributed by atoms with Crippen molar-refractivity contribution in [3.8, 4) is 0 Å². The quantitative estimate of drug-likeness (QED) is 0.921. The summed E-state index contributed by atoms with van der Waals surface area (Å²) < 4.78 is 0. The van der Waals surface area contributed by atoms with E-state index in [4.69, 9.17) is 0 Å². The summed E-state index contributed by atoms with van der Waals surface area (Å²) in [5.74, 6) is 0.966. The van der Waals surface area contributed by atoms with E-state index in [0.717, 1.165) is 46.5 Å². The molecule has 6 nitrogen and oxygen atoms in total. The zero-order chi connectivity index (χ0) is 17.1. The fraction of sp³-hybridized carbons (Fsp3) is 0.529. The van der Waals surface area contributed by atoms with Crippen molar-refractivity contribution in [1.29, 1.82) is 0 Å². The highest BCUT2D eigenvalue weighted by Crippen LogP contribution is 2.22. The molecule has 3 rings (SSSR count). The summed E-state index contributed by atoms with van der Waals surface area (Å²) >= 11 is 1.65. The molecule has 2 aromatic heterocycles. The minimum absolute atomic E-state index is 0.00354. The normalized spacial score (nSPS) is 17.8. The summed E-state index contributed by atoms with van der Waals surface area (Å²) in [6.07, 6.45) is 1.91. The molecule has 0 saturated carbocycles. The Labute approximate surface area is 146 Å². The third-order valence-electron chi connectivity index (χ3n) is 4.32. The maximum absolute atomic E-state index is 12.5. The van der Waals surface area contributed by atoms with E-state index in [9.17, 15) is 4.79 Å². The monoisotopic (exact) mass is 345 g/mol. The Balaban J connectivity index is 1.58. The number of thiazole rings is 1. The number of aromatic nitrogens is 3. The molecule has 1 N–H and O–H groups in total. The van der Waals surface area contributed by atoms with Crippen LogP contribution >= 0.6 is 11.3 Å². The zero-order valence-electron chi connectivity index (χ0n) is 14.4. The highest BCUT2D eigenvalue weighted by Gasteiger charge is 2.26. The van der Waals surface area contributed by atoms with Crippen molar-refractivity contribution in [3.05, 3.63) is 33.4 Å². The van der Waals surface area contributed by atoms with E-state index in [2.05, 4.69) is 25.4 Å². The molecular weight excluding hydrogens is 322 g/mol. The number of rotatable bonds is 4. The molecule has 3 heterocycles. The van der Waals surface area contributed by atoms with Gasteiger partial charge in [-0.05, 0) is 45.7 Å². The summed E-state index contributed by atoms with van der Waals surface area (Å²) in [7, 11) is 0. The zero-order valence-corrected chi connectivity index (χ0v) is 15.2. The summed E-state index contributed by atoms with van der Waals surface area (Å²) in [6, 6.07) is 3.94. The highest BCUT2D eigenvalue weighted by atomic mass is 32.1. The molecule has 24 heavy (non-hydrogen) atoms. The number of amides is 1. The van der Waals surface area contributed by atoms with Gasteiger partial charge in [-0.1, -0.05) is 0 Å². The average molecular weight is 345 g/mol. The molecule has 7 heteroatoms. The molecule has 128 valence electrons. The lowest BCUT2D eigenvalue weighted by Crippen LogP contribution is -2.43. The van der Waals surface area contributed by atoms with Gasteiger partial charge in [-0.2, -0.15) is 5.10 Å². The fourth-order valence-corrected chi connectivity index (χ4v) is 3.89. The van der Waals surface area contributed by atoms with Crippen molar-refractivity contribution < 1.29 is 4.79 Å². The van der Waals surface area contributed by atoms with Gasteiger partial charge in [0.1, 0.15) is 0 Å². The molecule has 0 aromatic carbocycles. The first kappa shape index (κ1) is 16.8. The van der Waals surface area contributed by atoms with Crippen molar-refractivity contribution in [2.45, 2.75) is 40.2 Å². The molecule has 1 fully saturated rings. The molecule has 0 spiro atoms. The molecular formula is C17H23N5OS. The van der Waals surface area contributed by atoms with Crippen molar-refractivity contribution in [1.82, 2.24) is 20.5 Å². The molecule has 1 amide bonds. The smallest absolute Gasteiger partial charge is 0.225 e. The number of piperidine rings is 1. The summed E-state index contributed by atoms with van der Waals surface area (Å²) in [5, 5.41) is 12.5. The topological polar surface area (TPSA) is 71.0 Å². The van der Waals surface area contributed by atoms with Crippen LogP contribution in [0.2, 0.25) is 0 Å². The predicted molar refractivity (Wildman–Crippen MR) is 95.1 cm³/mol. The summed E-state index contributed by atoms with van der Waals surface area (Å²) in [6.45, 7) is 8.09. The van der Waals surface area contributed by atoms with Gasteiger partial charge in [0.25, 0.3) is 0 Å². The van der Waals surface area contributed by atoms with Crippen LogP contribution in [0.3, 0.4) is 0 Å². The SMILES string of the molecule is Cc1ccc(N2CCCC(C(=O)NCc3sc(C)nc3C)C2)nn1. The van der Waals surface area contributed by atoms with E-state index in [-0.39, 0.29) is 11.8 Å². The van der Waals surface area contributed by atoms with E-state index in [1.807, 2.05) is 32.9 Å². The van der Waals surface area contributed by atoms with E-state index in [1.54, 1.807) is 11.3 Å². The second kappa shape index (κ2) is 7.25. The first-order valence-corrected chi connectivity index (χ1v) is 9.10. The van der Waals surface area contributed by atoms with Crippen molar-refractivity contribution >= 4 is 23.1 Å². The minimum Gasteiger partial charge on any atom is -0.354 e. The number of aryl methyl sites for hydroxylation is 3. The van der Waals surface area contributed by atoms with Crippen molar-refractivity contribution in [2.75, 3.05) is 18.0 Å². The maximum Gasteiger partial charge on any atom is 0.225 e. The summed E-state index contributed by atoms with van der Waals surface area (Å²) in [5.41, 5.74) is 1.92. The fourth-order valence-electron chi connectivity index (χ4n) is 3.01. The first-order chi connectivity index (χ1) is 11.5. The maximum atomic E-state index is 12.5. The van der Waals surface area contributed by atoms with Crippen LogP contribution in [0.1, 0.15) is 34.1 Å². The van der Waals surface area contributed by atoms with Gasteiger partial charge in [0.05, 0.1) is 28.9 Å². The molecule has 1 saturated heterocycles. The molecule has 1 atom stereocenters. The second-order valence-corrected chi connectivity index (χ2v) is 7.57. The Morgan fingerprint density at radius 2 is 2.17 bits per heavy atom. The largest absolute Gasteiger partial charge is 0.354 e. The lowest BCUT2D eigenvalue weighted by molar-refractivity contribution is -0.125. The Morgan fingerprint density at radius 1 is 1.33 bits per heavy atom. The highest BCUT2D eigenvalue weighted by molar-refractivity contribution is 7.11. The molecule has 0 aliphatic carbocycles. The number of nitrogens with one attached hydrogen (secondary N) is 1. The molecule has 0 bridgehead atoms. The number of anilines is 1. The van der Waals surface area contributed by atoms with Gasteiger partial charge in [0.15, 0.2) is 5.82 Å². The van der Waals surface area contributed by atoms with Gasteiger partial charge in [-0.15, -0.1) is 16.4 Å². The molecule has 2 aromatic rings.